The van der Waals surface area contributed by atoms with Crippen molar-refractivity contribution >= 4 is 5.91 Å². The zero-order valence-electron chi connectivity index (χ0n) is 13.5. The highest BCUT2D eigenvalue weighted by Crippen LogP contribution is 2.17. The number of hydrogen-bond acceptors (Lipinski definition) is 1. The molecule has 0 aromatic heterocycles. The second-order valence-corrected chi connectivity index (χ2v) is 5.26. The molecule has 0 bridgehead atoms. The van der Waals surface area contributed by atoms with Gasteiger partial charge in [0.05, 0.1) is 0 Å². The molecule has 0 aromatic carbocycles. The monoisotopic (exact) mass is 267 g/mol. The SMILES string of the molecule is CC=CC(CCCCCCC)CC(=O)N(CC)CC. The number of carbonyl (C=O) groups is 1. The first-order valence-corrected chi connectivity index (χ1v) is 8.10. The lowest BCUT2D eigenvalue weighted by Gasteiger charge is -2.21. The van der Waals surface area contributed by atoms with Gasteiger partial charge in [-0.15, -0.1) is 0 Å². The summed E-state index contributed by atoms with van der Waals surface area (Å²) in [5.74, 6) is 0.737. The van der Waals surface area contributed by atoms with Crippen molar-refractivity contribution in [2.75, 3.05) is 13.1 Å². The summed E-state index contributed by atoms with van der Waals surface area (Å²) in [6, 6.07) is 0. The van der Waals surface area contributed by atoms with Gasteiger partial charge in [-0.05, 0) is 33.1 Å². The summed E-state index contributed by atoms with van der Waals surface area (Å²) in [6.45, 7) is 10.0. The Morgan fingerprint density at radius 1 is 1.05 bits per heavy atom. The summed E-state index contributed by atoms with van der Waals surface area (Å²) in [5, 5.41) is 0. The third-order valence-electron chi connectivity index (χ3n) is 3.70. The molecule has 1 atom stereocenters. The van der Waals surface area contributed by atoms with Gasteiger partial charge in [-0.1, -0.05) is 51.2 Å². The van der Waals surface area contributed by atoms with Crippen molar-refractivity contribution in [1.29, 1.82) is 0 Å². The maximum Gasteiger partial charge on any atom is 0.223 e. The van der Waals surface area contributed by atoms with Crippen molar-refractivity contribution in [2.24, 2.45) is 5.92 Å². The summed E-state index contributed by atoms with van der Waals surface area (Å²) in [4.78, 5) is 14.1. The summed E-state index contributed by atoms with van der Waals surface area (Å²) in [5.41, 5.74) is 0. The minimum absolute atomic E-state index is 0.307. The van der Waals surface area contributed by atoms with Gasteiger partial charge in [0.2, 0.25) is 5.91 Å². The molecule has 19 heavy (non-hydrogen) atoms. The Morgan fingerprint density at radius 2 is 1.68 bits per heavy atom. The average Bonchev–Trinajstić information content (AvgIpc) is 2.40. The van der Waals surface area contributed by atoms with Crippen molar-refractivity contribution < 1.29 is 4.79 Å². The number of carbonyl (C=O) groups excluding carboxylic acids is 1. The quantitative estimate of drug-likeness (QED) is 0.389. The van der Waals surface area contributed by atoms with Crippen molar-refractivity contribution in [1.82, 2.24) is 4.90 Å². The number of rotatable bonds is 11. The smallest absolute Gasteiger partial charge is 0.223 e. The van der Waals surface area contributed by atoms with E-state index in [1.54, 1.807) is 0 Å². The first kappa shape index (κ1) is 18.2. The second kappa shape index (κ2) is 12.3. The third-order valence-corrected chi connectivity index (χ3v) is 3.70. The van der Waals surface area contributed by atoms with Crippen LogP contribution in [0.1, 0.15) is 72.6 Å². The Hall–Kier alpha value is -0.790. The molecule has 2 heteroatoms. The van der Waals surface area contributed by atoms with Crippen LogP contribution in [0.4, 0.5) is 0 Å². The van der Waals surface area contributed by atoms with Crippen LogP contribution >= 0.6 is 0 Å². The lowest BCUT2D eigenvalue weighted by molar-refractivity contribution is -0.131. The van der Waals surface area contributed by atoms with Gasteiger partial charge >= 0.3 is 0 Å². The zero-order chi connectivity index (χ0) is 14.5. The minimum Gasteiger partial charge on any atom is -0.343 e. The van der Waals surface area contributed by atoms with Gasteiger partial charge < -0.3 is 4.90 Å². The normalized spacial score (nSPS) is 12.8. The van der Waals surface area contributed by atoms with E-state index in [0.29, 0.717) is 18.2 Å². The highest BCUT2D eigenvalue weighted by molar-refractivity contribution is 5.76. The molecule has 0 rings (SSSR count). The Bertz CT molecular complexity index is 244. The number of hydrogen-bond donors (Lipinski definition) is 0. The Labute approximate surface area is 120 Å². The second-order valence-electron chi connectivity index (χ2n) is 5.26. The lowest BCUT2D eigenvalue weighted by atomic mass is 9.96. The van der Waals surface area contributed by atoms with E-state index >= 15 is 0 Å². The van der Waals surface area contributed by atoms with E-state index in [1.165, 1.54) is 32.1 Å². The molecule has 1 amide bonds. The standard InChI is InChI=1S/C17H33NO/c1-5-9-10-11-12-14-16(13-6-2)15-17(19)18(7-3)8-4/h6,13,16H,5,7-12,14-15H2,1-4H3. The molecule has 0 spiro atoms. The van der Waals surface area contributed by atoms with E-state index in [9.17, 15) is 4.79 Å². The van der Waals surface area contributed by atoms with Crippen LogP contribution in [-0.4, -0.2) is 23.9 Å². The van der Waals surface area contributed by atoms with Gasteiger partial charge in [0.25, 0.3) is 0 Å². The molecule has 0 saturated carbocycles. The van der Waals surface area contributed by atoms with Gasteiger partial charge in [-0.3, -0.25) is 4.79 Å². The zero-order valence-corrected chi connectivity index (χ0v) is 13.5. The van der Waals surface area contributed by atoms with E-state index in [1.807, 2.05) is 11.8 Å². The largest absolute Gasteiger partial charge is 0.343 e. The fourth-order valence-corrected chi connectivity index (χ4v) is 2.48. The molecular weight excluding hydrogens is 234 g/mol. The van der Waals surface area contributed by atoms with Crippen molar-refractivity contribution in [3.05, 3.63) is 12.2 Å². The van der Waals surface area contributed by atoms with Crippen LogP contribution in [0.3, 0.4) is 0 Å². The van der Waals surface area contributed by atoms with Crippen LogP contribution in [0.5, 0.6) is 0 Å². The summed E-state index contributed by atoms with van der Waals surface area (Å²) in [6.07, 6.45) is 12.7. The molecule has 0 radical (unpaired) electrons. The van der Waals surface area contributed by atoms with Crippen molar-refractivity contribution in [3.8, 4) is 0 Å². The topological polar surface area (TPSA) is 20.3 Å². The molecule has 0 fully saturated rings. The van der Waals surface area contributed by atoms with Gasteiger partial charge in [-0.2, -0.15) is 0 Å². The molecule has 0 saturated heterocycles. The molecule has 2 nitrogen and oxygen atoms in total. The minimum atomic E-state index is 0.307. The van der Waals surface area contributed by atoms with Crippen LogP contribution in [0.2, 0.25) is 0 Å². The van der Waals surface area contributed by atoms with Crippen LogP contribution in [0.25, 0.3) is 0 Å². The van der Waals surface area contributed by atoms with E-state index in [4.69, 9.17) is 0 Å². The summed E-state index contributed by atoms with van der Waals surface area (Å²) < 4.78 is 0. The van der Waals surface area contributed by atoms with Crippen LogP contribution < -0.4 is 0 Å². The van der Waals surface area contributed by atoms with E-state index in [-0.39, 0.29) is 0 Å². The molecule has 0 aliphatic heterocycles. The molecule has 0 N–H and O–H groups in total. The average molecular weight is 267 g/mol. The maximum atomic E-state index is 12.1. The first-order chi connectivity index (χ1) is 9.19. The van der Waals surface area contributed by atoms with Crippen molar-refractivity contribution in [3.63, 3.8) is 0 Å². The summed E-state index contributed by atoms with van der Waals surface area (Å²) >= 11 is 0. The Balaban J connectivity index is 4.07. The van der Waals surface area contributed by atoms with Crippen LogP contribution in [-0.2, 0) is 4.79 Å². The van der Waals surface area contributed by atoms with Gasteiger partial charge in [0.1, 0.15) is 0 Å². The van der Waals surface area contributed by atoms with E-state index < -0.39 is 0 Å². The molecular formula is C17H33NO. The highest BCUT2D eigenvalue weighted by atomic mass is 16.2. The first-order valence-electron chi connectivity index (χ1n) is 8.10. The predicted molar refractivity (Wildman–Crippen MR) is 84.2 cm³/mol. The third kappa shape index (κ3) is 8.85. The predicted octanol–water partition coefficient (Wildman–Crippen LogP) is 4.80. The lowest BCUT2D eigenvalue weighted by Crippen LogP contribution is -2.31. The molecule has 0 aromatic rings. The highest BCUT2D eigenvalue weighted by Gasteiger charge is 2.14. The Morgan fingerprint density at radius 3 is 2.21 bits per heavy atom. The van der Waals surface area contributed by atoms with Gasteiger partial charge in [0.15, 0.2) is 0 Å². The molecule has 0 heterocycles. The van der Waals surface area contributed by atoms with Gasteiger partial charge in [0, 0.05) is 19.5 Å². The van der Waals surface area contributed by atoms with Crippen molar-refractivity contribution in [2.45, 2.75) is 72.6 Å². The fraction of sp³-hybridized carbons (Fsp3) is 0.824. The molecule has 0 aliphatic carbocycles. The molecule has 112 valence electrons. The number of amides is 1. The molecule has 1 unspecified atom stereocenters. The maximum absolute atomic E-state index is 12.1. The molecule has 0 aliphatic rings. The van der Waals surface area contributed by atoms with Crippen LogP contribution in [0.15, 0.2) is 12.2 Å². The number of nitrogens with zero attached hydrogens (tertiary/aromatic N) is 1. The number of unbranched alkanes of at least 4 members (excludes halogenated alkanes) is 4. The van der Waals surface area contributed by atoms with E-state index in [0.717, 1.165) is 19.5 Å². The number of allylic oxidation sites excluding steroid dienone is 2. The van der Waals surface area contributed by atoms with Crippen LogP contribution in [0, 0.1) is 5.92 Å². The summed E-state index contributed by atoms with van der Waals surface area (Å²) in [7, 11) is 0. The van der Waals surface area contributed by atoms with Gasteiger partial charge in [-0.25, -0.2) is 0 Å². The Kier molecular flexibility index (Phi) is 11.7. The van der Waals surface area contributed by atoms with E-state index in [2.05, 4.69) is 32.9 Å². The fourth-order valence-electron chi connectivity index (χ4n) is 2.48.